The molecule has 0 aliphatic carbocycles. The molecule has 3 N–H and O–H groups in total. The van der Waals surface area contributed by atoms with E-state index in [-0.39, 0.29) is 5.91 Å². The molecule has 0 aliphatic rings. The van der Waals surface area contributed by atoms with Crippen molar-refractivity contribution < 1.29 is 4.79 Å². The summed E-state index contributed by atoms with van der Waals surface area (Å²) in [6.45, 7) is 4.34. The second-order valence-electron chi connectivity index (χ2n) is 4.69. The van der Waals surface area contributed by atoms with Crippen molar-refractivity contribution >= 4 is 11.6 Å². The molecule has 0 fully saturated rings. The summed E-state index contributed by atoms with van der Waals surface area (Å²) in [5.41, 5.74) is 9.48. The molecule has 1 aromatic heterocycles. The van der Waals surface area contributed by atoms with E-state index >= 15 is 0 Å². The molecule has 0 radical (unpaired) electrons. The van der Waals surface area contributed by atoms with Crippen molar-refractivity contribution in [3.63, 3.8) is 0 Å². The summed E-state index contributed by atoms with van der Waals surface area (Å²) < 4.78 is 0. The van der Waals surface area contributed by atoms with Crippen LogP contribution in [0.15, 0.2) is 36.5 Å². The zero-order valence-corrected chi connectivity index (χ0v) is 12.1. The monoisotopic (exact) mass is 279 g/mol. The Kier molecular flexibility index (Phi) is 4.70. The SMILES string of the molecule is Cc1ccc(NC(=O)c2ccc(C#CCN)cn2)cc1C. The number of anilines is 1. The molecule has 0 bridgehead atoms. The Balaban J connectivity index is 2.11. The third-order valence-corrected chi connectivity index (χ3v) is 3.10. The number of nitrogens with two attached hydrogens (primary N) is 1. The molecule has 2 aromatic rings. The summed E-state index contributed by atoms with van der Waals surface area (Å²) in [6.07, 6.45) is 1.57. The molecule has 0 atom stereocenters. The first-order valence-corrected chi connectivity index (χ1v) is 6.64. The van der Waals surface area contributed by atoms with Crippen LogP contribution in [-0.2, 0) is 0 Å². The number of nitrogens with one attached hydrogen (secondary N) is 1. The van der Waals surface area contributed by atoms with Gasteiger partial charge in [0, 0.05) is 17.4 Å². The number of hydrogen-bond donors (Lipinski definition) is 2. The minimum absolute atomic E-state index is 0.239. The minimum Gasteiger partial charge on any atom is -0.321 e. The largest absolute Gasteiger partial charge is 0.321 e. The van der Waals surface area contributed by atoms with Gasteiger partial charge in [-0.05, 0) is 49.2 Å². The Labute approximate surface area is 124 Å². The van der Waals surface area contributed by atoms with Crippen LogP contribution in [-0.4, -0.2) is 17.4 Å². The first-order valence-electron chi connectivity index (χ1n) is 6.64. The van der Waals surface area contributed by atoms with Crippen LogP contribution >= 0.6 is 0 Å². The van der Waals surface area contributed by atoms with Crippen LogP contribution < -0.4 is 11.1 Å². The van der Waals surface area contributed by atoms with Crippen molar-refractivity contribution in [3.8, 4) is 11.8 Å². The number of benzene rings is 1. The Morgan fingerprint density at radius 2 is 2.05 bits per heavy atom. The van der Waals surface area contributed by atoms with E-state index in [0.717, 1.165) is 16.8 Å². The molecule has 1 amide bonds. The second-order valence-corrected chi connectivity index (χ2v) is 4.69. The number of aryl methyl sites for hydroxylation is 2. The van der Waals surface area contributed by atoms with Crippen LogP contribution in [0.25, 0.3) is 0 Å². The van der Waals surface area contributed by atoms with Crippen LogP contribution in [0.1, 0.15) is 27.2 Å². The van der Waals surface area contributed by atoms with Gasteiger partial charge in [-0.15, -0.1) is 0 Å². The molecule has 0 aliphatic heterocycles. The number of amides is 1. The maximum absolute atomic E-state index is 12.1. The van der Waals surface area contributed by atoms with E-state index in [9.17, 15) is 4.79 Å². The molecule has 4 heteroatoms. The topological polar surface area (TPSA) is 68.0 Å². The van der Waals surface area contributed by atoms with Gasteiger partial charge in [-0.25, -0.2) is 4.98 Å². The van der Waals surface area contributed by atoms with Crippen LogP contribution in [0.4, 0.5) is 5.69 Å². The fraction of sp³-hybridized carbons (Fsp3) is 0.176. The normalized spacial score (nSPS) is 9.67. The van der Waals surface area contributed by atoms with Gasteiger partial charge in [-0.1, -0.05) is 17.9 Å². The van der Waals surface area contributed by atoms with Crippen LogP contribution in [0.5, 0.6) is 0 Å². The highest BCUT2D eigenvalue weighted by molar-refractivity contribution is 6.02. The third-order valence-electron chi connectivity index (χ3n) is 3.10. The Morgan fingerprint density at radius 1 is 1.24 bits per heavy atom. The number of pyridine rings is 1. The molecule has 0 saturated heterocycles. The average Bonchev–Trinajstić information content (AvgIpc) is 2.49. The van der Waals surface area contributed by atoms with Gasteiger partial charge in [0.2, 0.25) is 0 Å². The minimum atomic E-state index is -0.239. The zero-order chi connectivity index (χ0) is 15.2. The highest BCUT2D eigenvalue weighted by Crippen LogP contribution is 2.15. The molecule has 21 heavy (non-hydrogen) atoms. The van der Waals surface area contributed by atoms with E-state index in [1.165, 1.54) is 5.56 Å². The van der Waals surface area contributed by atoms with Crippen LogP contribution in [0.3, 0.4) is 0 Å². The maximum Gasteiger partial charge on any atom is 0.274 e. The Morgan fingerprint density at radius 3 is 2.67 bits per heavy atom. The molecule has 2 rings (SSSR count). The molecule has 0 spiro atoms. The van der Waals surface area contributed by atoms with Crippen molar-refractivity contribution in [2.24, 2.45) is 5.73 Å². The van der Waals surface area contributed by atoms with E-state index < -0.39 is 0 Å². The van der Waals surface area contributed by atoms with Crippen LogP contribution in [0, 0.1) is 25.7 Å². The van der Waals surface area contributed by atoms with Gasteiger partial charge in [0.1, 0.15) is 5.69 Å². The molecule has 106 valence electrons. The fourth-order valence-corrected chi connectivity index (χ4v) is 1.77. The van der Waals surface area contributed by atoms with E-state index in [4.69, 9.17) is 5.73 Å². The number of aromatic nitrogens is 1. The standard InChI is InChI=1S/C17H17N3O/c1-12-5-7-15(10-13(12)2)20-17(21)16-8-6-14(11-19-16)4-3-9-18/h5-8,10-11H,9,18H2,1-2H3,(H,20,21). The Hall–Kier alpha value is -2.64. The van der Waals surface area contributed by atoms with E-state index in [1.807, 2.05) is 32.0 Å². The van der Waals surface area contributed by atoms with Gasteiger partial charge in [-0.2, -0.15) is 0 Å². The number of rotatable bonds is 2. The van der Waals surface area contributed by atoms with Crippen molar-refractivity contribution in [3.05, 3.63) is 58.9 Å². The third kappa shape index (κ3) is 3.91. The van der Waals surface area contributed by atoms with Gasteiger partial charge >= 0.3 is 0 Å². The zero-order valence-electron chi connectivity index (χ0n) is 12.1. The molecule has 1 heterocycles. The first kappa shape index (κ1) is 14.8. The van der Waals surface area contributed by atoms with E-state index in [1.54, 1.807) is 18.3 Å². The summed E-state index contributed by atoms with van der Waals surface area (Å²) in [5.74, 6) is 5.37. The molecule has 4 nitrogen and oxygen atoms in total. The average molecular weight is 279 g/mol. The lowest BCUT2D eigenvalue weighted by atomic mass is 10.1. The summed E-state index contributed by atoms with van der Waals surface area (Å²) in [4.78, 5) is 16.2. The van der Waals surface area contributed by atoms with Crippen molar-refractivity contribution in [2.45, 2.75) is 13.8 Å². The molecule has 0 unspecified atom stereocenters. The lowest BCUT2D eigenvalue weighted by molar-refractivity contribution is 0.102. The molecular formula is C17H17N3O. The Bertz CT molecular complexity index is 709. The summed E-state index contributed by atoms with van der Waals surface area (Å²) in [6, 6.07) is 9.20. The summed E-state index contributed by atoms with van der Waals surface area (Å²) in [5, 5.41) is 2.83. The molecule has 1 aromatic carbocycles. The van der Waals surface area contributed by atoms with Gasteiger partial charge in [0.15, 0.2) is 0 Å². The maximum atomic E-state index is 12.1. The fourth-order valence-electron chi connectivity index (χ4n) is 1.77. The summed E-state index contributed by atoms with van der Waals surface area (Å²) in [7, 11) is 0. The highest BCUT2D eigenvalue weighted by atomic mass is 16.1. The van der Waals surface area contributed by atoms with Crippen molar-refractivity contribution in [1.82, 2.24) is 4.98 Å². The molecule has 0 saturated carbocycles. The van der Waals surface area contributed by atoms with Gasteiger partial charge in [0.25, 0.3) is 5.91 Å². The number of hydrogen-bond acceptors (Lipinski definition) is 3. The number of carbonyl (C=O) groups is 1. The van der Waals surface area contributed by atoms with E-state index in [2.05, 4.69) is 22.1 Å². The predicted octanol–water partition coefficient (Wildman–Crippen LogP) is 2.26. The number of nitrogens with zero attached hydrogens (tertiary/aromatic N) is 1. The second kappa shape index (κ2) is 6.69. The lowest BCUT2D eigenvalue weighted by Gasteiger charge is -2.07. The van der Waals surface area contributed by atoms with E-state index in [0.29, 0.717) is 12.2 Å². The lowest BCUT2D eigenvalue weighted by Crippen LogP contribution is -2.13. The smallest absolute Gasteiger partial charge is 0.274 e. The van der Waals surface area contributed by atoms with Gasteiger partial charge in [0.05, 0.1) is 6.54 Å². The molecular weight excluding hydrogens is 262 g/mol. The predicted molar refractivity (Wildman–Crippen MR) is 84.0 cm³/mol. The van der Waals surface area contributed by atoms with Crippen LogP contribution in [0.2, 0.25) is 0 Å². The quantitative estimate of drug-likeness (QED) is 0.829. The van der Waals surface area contributed by atoms with Crippen molar-refractivity contribution in [1.29, 1.82) is 0 Å². The first-order chi connectivity index (χ1) is 10.1. The highest BCUT2D eigenvalue weighted by Gasteiger charge is 2.07. The number of carbonyl (C=O) groups excluding carboxylic acids is 1. The summed E-state index contributed by atoms with van der Waals surface area (Å²) >= 11 is 0. The van der Waals surface area contributed by atoms with Gasteiger partial charge in [-0.3, -0.25) is 4.79 Å². The van der Waals surface area contributed by atoms with Gasteiger partial charge < -0.3 is 11.1 Å². The van der Waals surface area contributed by atoms with Crippen molar-refractivity contribution in [2.75, 3.05) is 11.9 Å².